The van der Waals surface area contributed by atoms with Gasteiger partial charge < -0.3 is 16.6 Å². The van der Waals surface area contributed by atoms with Crippen LogP contribution in [0, 0.1) is 5.82 Å². The number of rotatable bonds is 2. The van der Waals surface area contributed by atoms with Gasteiger partial charge in [-0.15, -0.1) is 0 Å². The molecule has 5 heteroatoms. The van der Waals surface area contributed by atoms with E-state index in [1.54, 1.807) is 0 Å². The molecule has 1 atom stereocenters. The highest BCUT2D eigenvalue weighted by Gasteiger charge is 2.17. The average molecular weight is 184 g/mol. The van der Waals surface area contributed by atoms with Crippen LogP contribution in [0.5, 0.6) is 0 Å². The van der Waals surface area contributed by atoms with Crippen molar-refractivity contribution in [1.82, 2.24) is 0 Å². The molecule has 5 N–H and O–H groups in total. The van der Waals surface area contributed by atoms with Crippen LogP contribution in [0.4, 0.5) is 10.1 Å². The molecule has 0 unspecified atom stereocenters. The number of halogens is 1. The van der Waals surface area contributed by atoms with E-state index in [4.69, 9.17) is 16.6 Å². The molecule has 0 fully saturated rings. The normalized spacial score (nSPS) is 12.5. The van der Waals surface area contributed by atoms with E-state index in [1.165, 1.54) is 12.1 Å². The first kappa shape index (κ1) is 9.47. The summed E-state index contributed by atoms with van der Waals surface area (Å²) in [6.07, 6.45) is 0. The molecule has 0 saturated carbocycles. The van der Waals surface area contributed by atoms with Crippen molar-refractivity contribution in [2.45, 2.75) is 6.04 Å². The van der Waals surface area contributed by atoms with Crippen molar-refractivity contribution in [2.24, 2.45) is 5.73 Å². The van der Waals surface area contributed by atoms with Gasteiger partial charge in [0, 0.05) is 11.3 Å². The van der Waals surface area contributed by atoms with E-state index in [2.05, 4.69) is 0 Å². The average Bonchev–Trinajstić information content (AvgIpc) is 2.03. The first-order chi connectivity index (χ1) is 6.02. The lowest BCUT2D eigenvalue weighted by Crippen LogP contribution is -2.21. The van der Waals surface area contributed by atoms with E-state index in [0.29, 0.717) is 0 Å². The molecule has 0 amide bonds. The Balaban J connectivity index is 3.08. The lowest BCUT2D eigenvalue weighted by Gasteiger charge is -2.07. The SMILES string of the molecule is Nc1ccc([C@H](N)C(=O)O)c(F)c1. The highest BCUT2D eigenvalue weighted by Crippen LogP contribution is 2.17. The van der Waals surface area contributed by atoms with Crippen molar-refractivity contribution in [3.63, 3.8) is 0 Å². The second-order valence-corrected chi connectivity index (χ2v) is 2.60. The van der Waals surface area contributed by atoms with Crippen molar-refractivity contribution in [2.75, 3.05) is 5.73 Å². The summed E-state index contributed by atoms with van der Waals surface area (Å²) >= 11 is 0. The lowest BCUT2D eigenvalue weighted by molar-refractivity contribution is -0.138. The Kier molecular flexibility index (Phi) is 2.48. The summed E-state index contributed by atoms with van der Waals surface area (Å²) in [6, 6.07) is 2.36. The molecular formula is C8H9FN2O2. The van der Waals surface area contributed by atoms with Crippen LogP contribution < -0.4 is 11.5 Å². The number of nitrogen functional groups attached to an aromatic ring is 1. The third-order valence-electron chi connectivity index (χ3n) is 1.63. The highest BCUT2D eigenvalue weighted by atomic mass is 19.1. The number of nitrogens with two attached hydrogens (primary N) is 2. The molecule has 0 heterocycles. The molecule has 0 aliphatic rings. The Bertz CT molecular complexity index is 341. The number of benzene rings is 1. The van der Waals surface area contributed by atoms with Crippen molar-refractivity contribution in [3.05, 3.63) is 29.6 Å². The van der Waals surface area contributed by atoms with E-state index >= 15 is 0 Å². The van der Waals surface area contributed by atoms with Gasteiger partial charge in [0.05, 0.1) is 0 Å². The summed E-state index contributed by atoms with van der Waals surface area (Å²) in [5, 5.41) is 8.51. The van der Waals surface area contributed by atoms with Crippen LogP contribution in [0.1, 0.15) is 11.6 Å². The number of aliphatic carboxylic acids is 1. The fraction of sp³-hybridized carbons (Fsp3) is 0.125. The van der Waals surface area contributed by atoms with Gasteiger partial charge in [-0.1, -0.05) is 6.07 Å². The second-order valence-electron chi connectivity index (χ2n) is 2.60. The van der Waals surface area contributed by atoms with Crippen molar-refractivity contribution >= 4 is 11.7 Å². The summed E-state index contributed by atoms with van der Waals surface area (Å²) in [6.45, 7) is 0. The number of carboxylic acid groups (broad SMARTS) is 1. The minimum atomic E-state index is -1.35. The summed E-state index contributed by atoms with van der Waals surface area (Å²) in [4.78, 5) is 10.4. The molecule has 0 bridgehead atoms. The molecule has 1 aromatic carbocycles. The molecule has 1 aromatic rings. The minimum Gasteiger partial charge on any atom is -0.480 e. The smallest absolute Gasteiger partial charge is 0.325 e. The fourth-order valence-corrected chi connectivity index (χ4v) is 0.929. The highest BCUT2D eigenvalue weighted by molar-refractivity contribution is 5.75. The van der Waals surface area contributed by atoms with E-state index in [0.717, 1.165) is 6.07 Å². The molecule has 0 aromatic heterocycles. The van der Waals surface area contributed by atoms with Crippen LogP contribution in [0.25, 0.3) is 0 Å². The lowest BCUT2D eigenvalue weighted by atomic mass is 10.1. The van der Waals surface area contributed by atoms with Gasteiger partial charge in [-0.05, 0) is 12.1 Å². The van der Waals surface area contributed by atoms with Gasteiger partial charge >= 0.3 is 5.97 Å². The fourth-order valence-electron chi connectivity index (χ4n) is 0.929. The summed E-state index contributed by atoms with van der Waals surface area (Å²) in [7, 11) is 0. The van der Waals surface area contributed by atoms with Crippen LogP contribution in [-0.2, 0) is 4.79 Å². The molecule has 0 aliphatic carbocycles. The molecule has 1 rings (SSSR count). The molecule has 0 aliphatic heterocycles. The monoisotopic (exact) mass is 184 g/mol. The van der Waals surface area contributed by atoms with Crippen molar-refractivity contribution in [3.8, 4) is 0 Å². The van der Waals surface area contributed by atoms with Crippen LogP contribution >= 0.6 is 0 Å². The Labute approximate surface area is 74.0 Å². The quantitative estimate of drug-likeness (QED) is 0.583. The minimum absolute atomic E-state index is 0.0679. The van der Waals surface area contributed by atoms with Gasteiger partial charge in [0.2, 0.25) is 0 Å². The standard InChI is InChI=1S/C8H9FN2O2/c9-6-3-4(10)1-2-5(6)7(11)8(12)13/h1-3,7H,10-11H2,(H,12,13)/t7-/m0/s1. The zero-order valence-electron chi connectivity index (χ0n) is 6.70. The summed E-state index contributed by atoms with van der Waals surface area (Å²) in [5.41, 5.74) is 10.7. The Morgan fingerprint density at radius 2 is 2.15 bits per heavy atom. The van der Waals surface area contributed by atoms with E-state index in [1.807, 2.05) is 0 Å². The summed E-state index contributed by atoms with van der Waals surface area (Å²) in [5.74, 6) is -1.97. The molecule has 0 radical (unpaired) electrons. The Morgan fingerprint density at radius 3 is 2.62 bits per heavy atom. The molecule has 0 spiro atoms. The first-order valence-electron chi connectivity index (χ1n) is 3.55. The van der Waals surface area contributed by atoms with Gasteiger partial charge in [-0.2, -0.15) is 0 Å². The number of hydrogen-bond acceptors (Lipinski definition) is 3. The third kappa shape index (κ3) is 1.94. The molecule has 4 nitrogen and oxygen atoms in total. The maximum atomic E-state index is 13.0. The van der Waals surface area contributed by atoms with Crippen molar-refractivity contribution < 1.29 is 14.3 Å². The zero-order valence-corrected chi connectivity index (χ0v) is 6.70. The number of carbonyl (C=O) groups is 1. The van der Waals surface area contributed by atoms with Gasteiger partial charge in [-0.25, -0.2) is 4.39 Å². The zero-order chi connectivity index (χ0) is 10.0. The maximum absolute atomic E-state index is 13.0. The van der Waals surface area contributed by atoms with E-state index in [-0.39, 0.29) is 11.3 Å². The van der Waals surface area contributed by atoms with Crippen LogP contribution in [0.3, 0.4) is 0 Å². The third-order valence-corrected chi connectivity index (χ3v) is 1.63. The molecular weight excluding hydrogens is 175 g/mol. The van der Waals surface area contributed by atoms with E-state index < -0.39 is 17.8 Å². The molecule has 0 saturated heterocycles. The van der Waals surface area contributed by atoms with Crippen LogP contribution in [-0.4, -0.2) is 11.1 Å². The van der Waals surface area contributed by atoms with Crippen LogP contribution in [0.15, 0.2) is 18.2 Å². The van der Waals surface area contributed by atoms with Crippen molar-refractivity contribution in [1.29, 1.82) is 0 Å². The Hall–Kier alpha value is -1.62. The second kappa shape index (κ2) is 3.40. The van der Waals surface area contributed by atoms with Gasteiger partial charge in [0.15, 0.2) is 0 Å². The molecule has 13 heavy (non-hydrogen) atoms. The number of carboxylic acids is 1. The predicted molar refractivity (Wildman–Crippen MR) is 45.4 cm³/mol. The largest absolute Gasteiger partial charge is 0.480 e. The van der Waals surface area contributed by atoms with Gasteiger partial charge in [-0.3, -0.25) is 4.79 Å². The van der Waals surface area contributed by atoms with Gasteiger partial charge in [0.1, 0.15) is 11.9 Å². The van der Waals surface area contributed by atoms with Gasteiger partial charge in [0.25, 0.3) is 0 Å². The number of hydrogen-bond donors (Lipinski definition) is 3. The maximum Gasteiger partial charge on any atom is 0.325 e. The van der Waals surface area contributed by atoms with E-state index in [9.17, 15) is 9.18 Å². The molecule has 70 valence electrons. The predicted octanol–water partition coefficient (Wildman–Crippen LogP) is 0.492. The van der Waals surface area contributed by atoms with Crippen LogP contribution in [0.2, 0.25) is 0 Å². The summed E-state index contributed by atoms with van der Waals surface area (Å²) < 4.78 is 13.0. The number of anilines is 1. The Morgan fingerprint density at radius 1 is 1.54 bits per heavy atom. The first-order valence-corrected chi connectivity index (χ1v) is 3.55. The topological polar surface area (TPSA) is 89.3 Å².